The number of hydrogen-bond acceptors (Lipinski definition) is 3. The average Bonchev–Trinajstić information content (AvgIpc) is 2.55. The van der Waals surface area contributed by atoms with Crippen LogP contribution in [0.25, 0.3) is 11.1 Å². The lowest BCUT2D eigenvalue weighted by molar-refractivity contribution is 0.117. The van der Waals surface area contributed by atoms with E-state index in [0.717, 1.165) is 35.3 Å². The first-order valence-corrected chi connectivity index (χ1v) is 7.90. The van der Waals surface area contributed by atoms with Crippen molar-refractivity contribution in [2.75, 3.05) is 6.61 Å². The second kappa shape index (κ2) is 8.22. The third-order valence-electron chi connectivity index (χ3n) is 3.60. The van der Waals surface area contributed by atoms with E-state index in [2.05, 4.69) is 6.92 Å². The molecule has 0 bridgehead atoms. The number of primary amides is 1. The molecule has 0 heterocycles. The van der Waals surface area contributed by atoms with Gasteiger partial charge in [-0.15, -0.1) is 0 Å². The molecule has 0 fully saturated rings. The zero-order valence-electron chi connectivity index (χ0n) is 13.6. The molecule has 0 aliphatic carbocycles. The molecule has 0 spiro atoms. The second-order valence-electron chi connectivity index (χ2n) is 5.40. The minimum absolute atomic E-state index is 0.409. The summed E-state index contributed by atoms with van der Waals surface area (Å²) in [5.74, 6) is 0.842. The van der Waals surface area contributed by atoms with Crippen molar-refractivity contribution in [1.82, 2.24) is 0 Å². The topological polar surface area (TPSA) is 61.6 Å². The SMILES string of the molecule is CCCCOc1cccc(-c2ccccc2C(C)OC(N)=O)c1. The van der Waals surface area contributed by atoms with Crippen molar-refractivity contribution in [3.05, 3.63) is 54.1 Å². The van der Waals surface area contributed by atoms with Gasteiger partial charge in [0.15, 0.2) is 0 Å². The Balaban J connectivity index is 2.27. The maximum Gasteiger partial charge on any atom is 0.405 e. The maximum atomic E-state index is 11.0. The van der Waals surface area contributed by atoms with E-state index in [1.54, 1.807) is 0 Å². The lowest BCUT2D eigenvalue weighted by Crippen LogP contribution is -2.16. The molecule has 1 atom stereocenters. The summed E-state index contributed by atoms with van der Waals surface area (Å²) in [6.07, 6.45) is 0.951. The second-order valence-corrected chi connectivity index (χ2v) is 5.40. The lowest BCUT2D eigenvalue weighted by Gasteiger charge is -2.17. The summed E-state index contributed by atoms with van der Waals surface area (Å²) in [4.78, 5) is 11.0. The molecule has 0 aliphatic rings. The Morgan fingerprint density at radius 3 is 2.70 bits per heavy atom. The van der Waals surface area contributed by atoms with Crippen LogP contribution in [0, 0.1) is 0 Å². The molecule has 0 radical (unpaired) electrons. The van der Waals surface area contributed by atoms with Crippen molar-refractivity contribution in [3.63, 3.8) is 0 Å². The molecule has 1 amide bonds. The largest absolute Gasteiger partial charge is 0.494 e. The molecule has 2 N–H and O–H groups in total. The number of carbonyl (C=O) groups is 1. The molecule has 0 aliphatic heterocycles. The van der Waals surface area contributed by atoms with E-state index >= 15 is 0 Å². The zero-order valence-corrected chi connectivity index (χ0v) is 13.6. The summed E-state index contributed by atoms with van der Waals surface area (Å²) in [6, 6.07) is 15.8. The molecule has 2 rings (SSSR count). The van der Waals surface area contributed by atoms with Gasteiger partial charge in [0.2, 0.25) is 0 Å². The summed E-state index contributed by atoms with van der Waals surface area (Å²) in [7, 11) is 0. The average molecular weight is 313 g/mol. The van der Waals surface area contributed by atoms with Gasteiger partial charge in [0.05, 0.1) is 6.61 Å². The van der Waals surface area contributed by atoms with Gasteiger partial charge in [0.1, 0.15) is 11.9 Å². The van der Waals surface area contributed by atoms with E-state index in [0.29, 0.717) is 6.61 Å². The van der Waals surface area contributed by atoms with Crippen LogP contribution in [0.4, 0.5) is 4.79 Å². The molecule has 0 saturated carbocycles. The van der Waals surface area contributed by atoms with Crippen LogP contribution >= 0.6 is 0 Å². The van der Waals surface area contributed by atoms with Crippen LogP contribution < -0.4 is 10.5 Å². The zero-order chi connectivity index (χ0) is 16.7. The number of unbranched alkanes of at least 4 members (excludes halogenated alkanes) is 1. The molecule has 4 nitrogen and oxygen atoms in total. The van der Waals surface area contributed by atoms with Crippen LogP contribution in [-0.2, 0) is 4.74 Å². The Morgan fingerprint density at radius 2 is 1.96 bits per heavy atom. The molecule has 0 aromatic heterocycles. The molecule has 122 valence electrons. The first-order valence-electron chi connectivity index (χ1n) is 7.90. The Bertz CT molecular complexity index is 655. The number of ether oxygens (including phenoxy) is 2. The van der Waals surface area contributed by atoms with E-state index in [1.807, 2.05) is 55.5 Å². The van der Waals surface area contributed by atoms with Gasteiger partial charge in [-0.3, -0.25) is 0 Å². The summed E-state index contributed by atoms with van der Waals surface area (Å²) in [6.45, 7) is 4.66. The quantitative estimate of drug-likeness (QED) is 0.754. The van der Waals surface area contributed by atoms with Gasteiger partial charge in [-0.05, 0) is 36.6 Å². The van der Waals surface area contributed by atoms with Gasteiger partial charge in [-0.25, -0.2) is 4.79 Å². The van der Waals surface area contributed by atoms with E-state index in [1.165, 1.54) is 0 Å². The summed E-state index contributed by atoms with van der Waals surface area (Å²) in [5.41, 5.74) is 8.07. The number of amides is 1. The van der Waals surface area contributed by atoms with Crippen LogP contribution in [0.3, 0.4) is 0 Å². The number of carbonyl (C=O) groups excluding carboxylic acids is 1. The minimum Gasteiger partial charge on any atom is -0.494 e. The molecule has 2 aromatic carbocycles. The number of nitrogens with two attached hydrogens (primary N) is 1. The van der Waals surface area contributed by atoms with Gasteiger partial charge in [-0.2, -0.15) is 0 Å². The summed E-state index contributed by atoms with van der Waals surface area (Å²) < 4.78 is 10.9. The van der Waals surface area contributed by atoms with Crippen molar-refractivity contribution in [2.45, 2.75) is 32.8 Å². The third-order valence-corrected chi connectivity index (χ3v) is 3.60. The van der Waals surface area contributed by atoms with Crippen LogP contribution in [0.2, 0.25) is 0 Å². The van der Waals surface area contributed by atoms with Crippen molar-refractivity contribution in [2.24, 2.45) is 5.73 Å². The number of hydrogen-bond donors (Lipinski definition) is 1. The fraction of sp³-hybridized carbons (Fsp3) is 0.316. The van der Waals surface area contributed by atoms with Gasteiger partial charge in [0, 0.05) is 5.56 Å². The fourth-order valence-electron chi connectivity index (χ4n) is 2.44. The van der Waals surface area contributed by atoms with Crippen molar-refractivity contribution in [1.29, 1.82) is 0 Å². The van der Waals surface area contributed by atoms with Crippen LogP contribution in [0.5, 0.6) is 5.75 Å². The van der Waals surface area contributed by atoms with Crippen molar-refractivity contribution >= 4 is 6.09 Å². The van der Waals surface area contributed by atoms with Gasteiger partial charge >= 0.3 is 6.09 Å². The molecule has 2 aromatic rings. The Morgan fingerprint density at radius 1 is 1.17 bits per heavy atom. The van der Waals surface area contributed by atoms with E-state index < -0.39 is 12.2 Å². The highest BCUT2D eigenvalue weighted by molar-refractivity contribution is 5.70. The molecular weight excluding hydrogens is 290 g/mol. The van der Waals surface area contributed by atoms with Crippen molar-refractivity contribution in [3.8, 4) is 16.9 Å². The molecule has 4 heteroatoms. The Hall–Kier alpha value is -2.49. The molecular formula is C19H23NO3. The van der Waals surface area contributed by atoms with Crippen LogP contribution in [-0.4, -0.2) is 12.7 Å². The first-order chi connectivity index (χ1) is 11.1. The standard InChI is InChI=1S/C19H23NO3/c1-3-4-12-22-16-9-7-8-15(13-16)18-11-6-5-10-17(18)14(2)23-19(20)21/h5-11,13-14H,3-4,12H2,1-2H3,(H2,20,21). The highest BCUT2D eigenvalue weighted by Crippen LogP contribution is 2.31. The fourth-order valence-corrected chi connectivity index (χ4v) is 2.44. The predicted octanol–water partition coefficient (Wildman–Crippen LogP) is 4.69. The monoisotopic (exact) mass is 313 g/mol. The molecule has 1 unspecified atom stereocenters. The van der Waals surface area contributed by atoms with Gasteiger partial charge in [0.25, 0.3) is 0 Å². The van der Waals surface area contributed by atoms with Crippen LogP contribution in [0.15, 0.2) is 48.5 Å². The van der Waals surface area contributed by atoms with Crippen molar-refractivity contribution < 1.29 is 14.3 Å². The van der Waals surface area contributed by atoms with Gasteiger partial charge < -0.3 is 15.2 Å². The van der Waals surface area contributed by atoms with Crippen LogP contribution in [0.1, 0.15) is 38.4 Å². The third kappa shape index (κ3) is 4.74. The Kier molecular flexibility index (Phi) is 6.03. The first kappa shape index (κ1) is 16.9. The number of benzene rings is 2. The predicted molar refractivity (Wildman–Crippen MR) is 91.4 cm³/mol. The highest BCUT2D eigenvalue weighted by Gasteiger charge is 2.14. The lowest BCUT2D eigenvalue weighted by atomic mass is 9.96. The summed E-state index contributed by atoms with van der Waals surface area (Å²) >= 11 is 0. The van der Waals surface area contributed by atoms with E-state index in [9.17, 15) is 4.79 Å². The van der Waals surface area contributed by atoms with E-state index in [4.69, 9.17) is 15.2 Å². The molecule has 0 saturated heterocycles. The minimum atomic E-state index is -0.774. The maximum absolute atomic E-state index is 11.0. The van der Waals surface area contributed by atoms with Gasteiger partial charge in [-0.1, -0.05) is 49.7 Å². The number of rotatable bonds is 7. The Labute approximate surface area is 137 Å². The smallest absolute Gasteiger partial charge is 0.405 e. The normalized spacial score (nSPS) is 11.7. The summed E-state index contributed by atoms with van der Waals surface area (Å²) in [5, 5.41) is 0. The highest BCUT2D eigenvalue weighted by atomic mass is 16.6. The van der Waals surface area contributed by atoms with E-state index in [-0.39, 0.29) is 0 Å². The molecule has 23 heavy (non-hydrogen) atoms.